The number of aromatic amines is 1. The molecule has 5 rings (SSSR count). The SMILES string of the molecule is Cc1ccc2cc(C(c3nnnn3CC3CCCO3)N3CCOCC3)c(=O)[nH]c2c1. The molecule has 2 atom stereocenters. The van der Waals surface area contributed by atoms with E-state index in [-0.39, 0.29) is 17.7 Å². The summed E-state index contributed by atoms with van der Waals surface area (Å²) in [5.74, 6) is 0.671. The van der Waals surface area contributed by atoms with Crippen LogP contribution < -0.4 is 5.56 Å². The average Bonchev–Trinajstić information content (AvgIpc) is 3.42. The van der Waals surface area contributed by atoms with Crippen LogP contribution in [0.4, 0.5) is 0 Å². The van der Waals surface area contributed by atoms with E-state index in [2.05, 4.69) is 31.5 Å². The number of nitrogens with zero attached hydrogens (tertiary/aromatic N) is 5. The Morgan fingerprint density at radius 3 is 2.90 bits per heavy atom. The van der Waals surface area contributed by atoms with Crippen molar-refractivity contribution in [2.45, 2.75) is 38.5 Å². The zero-order valence-electron chi connectivity index (χ0n) is 17.1. The zero-order valence-corrected chi connectivity index (χ0v) is 17.1. The summed E-state index contributed by atoms with van der Waals surface area (Å²) in [6.07, 6.45) is 2.16. The molecule has 2 aromatic heterocycles. The first kappa shape index (κ1) is 19.3. The fraction of sp³-hybridized carbons (Fsp3) is 0.524. The first-order valence-corrected chi connectivity index (χ1v) is 10.5. The molecule has 9 heteroatoms. The molecule has 2 fully saturated rings. The molecule has 9 nitrogen and oxygen atoms in total. The van der Waals surface area contributed by atoms with Crippen molar-refractivity contribution < 1.29 is 9.47 Å². The number of H-pyrrole nitrogens is 1. The molecule has 0 saturated carbocycles. The number of hydrogen-bond donors (Lipinski definition) is 1. The highest BCUT2D eigenvalue weighted by atomic mass is 16.5. The van der Waals surface area contributed by atoms with Crippen molar-refractivity contribution in [2.75, 3.05) is 32.9 Å². The summed E-state index contributed by atoms with van der Waals surface area (Å²) >= 11 is 0. The lowest BCUT2D eigenvalue weighted by Gasteiger charge is -2.33. The topological polar surface area (TPSA) is 98.2 Å². The van der Waals surface area contributed by atoms with E-state index in [0.717, 1.165) is 35.9 Å². The molecule has 2 saturated heterocycles. The lowest BCUT2D eigenvalue weighted by atomic mass is 10.0. The van der Waals surface area contributed by atoms with Crippen LogP contribution in [0.1, 0.15) is 35.8 Å². The summed E-state index contributed by atoms with van der Waals surface area (Å²) in [4.78, 5) is 18.4. The Kier molecular flexibility index (Phi) is 5.32. The molecule has 2 unspecified atom stereocenters. The van der Waals surface area contributed by atoms with E-state index in [1.165, 1.54) is 0 Å². The molecular formula is C21H26N6O3. The second-order valence-corrected chi connectivity index (χ2v) is 8.05. The van der Waals surface area contributed by atoms with Gasteiger partial charge in [0.25, 0.3) is 5.56 Å². The van der Waals surface area contributed by atoms with Gasteiger partial charge >= 0.3 is 0 Å². The highest BCUT2D eigenvalue weighted by molar-refractivity contribution is 5.79. The lowest BCUT2D eigenvalue weighted by molar-refractivity contribution is 0.0205. The van der Waals surface area contributed by atoms with Crippen molar-refractivity contribution in [2.24, 2.45) is 0 Å². The maximum Gasteiger partial charge on any atom is 0.253 e. The number of pyridine rings is 1. The van der Waals surface area contributed by atoms with Crippen LogP contribution in [0.5, 0.6) is 0 Å². The fourth-order valence-electron chi connectivity index (χ4n) is 4.39. The molecule has 30 heavy (non-hydrogen) atoms. The zero-order chi connectivity index (χ0) is 20.5. The third-order valence-electron chi connectivity index (χ3n) is 5.94. The van der Waals surface area contributed by atoms with Gasteiger partial charge in [0, 0.05) is 30.8 Å². The molecule has 0 spiro atoms. The van der Waals surface area contributed by atoms with Gasteiger partial charge < -0.3 is 14.5 Å². The van der Waals surface area contributed by atoms with Gasteiger partial charge in [-0.25, -0.2) is 4.68 Å². The first-order valence-electron chi connectivity index (χ1n) is 10.5. The second kappa shape index (κ2) is 8.25. The Hall–Kier alpha value is -2.62. The van der Waals surface area contributed by atoms with E-state index in [4.69, 9.17) is 9.47 Å². The summed E-state index contributed by atoms with van der Waals surface area (Å²) < 4.78 is 13.1. The summed E-state index contributed by atoms with van der Waals surface area (Å²) in [5, 5.41) is 13.5. The number of hydrogen-bond acceptors (Lipinski definition) is 7. The standard InChI is InChI=1S/C21H26N6O3/c1-14-4-5-15-12-17(21(28)22-18(15)11-14)19(26-6-9-29-10-7-26)20-23-24-25-27(20)13-16-3-2-8-30-16/h4-5,11-12,16,19H,2-3,6-10,13H2,1H3,(H,22,28). The van der Waals surface area contributed by atoms with Crippen LogP contribution in [-0.2, 0) is 16.0 Å². The lowest BCUT2D eigenvalue weighted by Crippen LogP contribution is -2.42. The monoisotopic (exact) mass is 410 g/mol. The Bertz CT molecular complexity index is 1080. The van der Waals surface area contributed by atoms with Crippen molar-refractivity contribution >= 4 is 10.9 Å². The van der Waals surface area contributed by atoms with Crippen LogP contribution in [0.15, 0.2) is 29.1 Å². The molecule has 158 valence electrons. The minimum atomic E-state index is -0.347. The van der Waals surface area contributed by atoms with E-state index < -0.39 is 0 Å². The van der Waals surface area contributed by atoms with Crippen molar-refractivity contribution in [1.29, 1.82) is 0 Å². The first-order chi connectivity index (χ1) is 14.7. The second-order valence-electron chi connectivity index (χ2n) is 8.05. The van der Waals surface area contributed by atoms with Gasteiger partial charge in [-0.3, -0.25) is 9.69 Å². The number of aromatic nitrogens is 5. The predicted molar refractivity (Wildman–Crippen MR) is 110 cm³/mol. The average molecular weight is 410 g/mol. The highest BCUT2D eigenvalue weighted by Gasteiger charge is 2.32. The maximum absolute atomic E-state index is 13.2. The Morgan fingerprint density at radius 2 is 2.10 bits per heavy atom. The van der Waals surface area contributed by atoms with Gasteiger partial charge in [-0.2, -0.15) is 0 Å². The molecule has 0 amide bonds. The van der Waals surface area contributed by atoms with E-state index in [9.17, 15) is 4.79 Å². The van der Waals surface area contributed by atoms with Crippen LogP contribution in [0.2, 0.25) is 0 Å². The fourth-order valence-corrected chi connectivity index (χ4v) is 4.39. The quantitative estimate of drug-likeness (QED) is 0.679. The van der Waals surface area contributed by atoms with Crippen molar-refractivity contribution in [3.63, 3.8) is 0 Å². The van der Waals surface area contributed by atoms with Crippen LogP contribution in [0.25, 0.3) is 10.9 Å². The summed E-state index contributed by atoms with van der Waals surface area (Å²) in [6, 6.07) is 7.70. The molecule has 0 bridgehead atoms. The van der Waals surface area contributed by atoms with E-state index in [1.54, 1.807) is 4.68 Å². The molecule has 0 aliphatic carbocycles. The number of rotatable bonds is 5. The van der Waals surface area contributed by atoms with Gasteiger partial charge in [0.2, 0.25) is 0 Å². The maximum atomic E-state index is 13.2. The number of tetrazole rings is 1. The molecule has 0 radical (unpaired) electrons. The number of morpholine rings is 1. The molecule has 1 aromatic carbocycles. The minimum absolute atomic E-state index is 0.107. The molecular weight excluding hydrogens is 384 g/mol. The Morgan fingerprint density at radius 1 is 1.23 bits per heavy atom. The smallest absolute Gasteiger partial charge is 0.253 e. The third-order valence-corrected chi connectivity index (χ3v) is 5.94. The largest absolute Gasteiger partial charge is 0.379 e. The summed E-state index contributed by atoms with van der Waals surface area (Å²) in [5.41, 5.74) is 2.48. The molecule has 3 aromatic rings. The normalized spacial score (nSPS) is 21.3. The Balaban J connectivity index is 1.59. The third kappa shape index (κ3) is 3.76. The van der Waals surface area contributed by atoms with Gasteiger partial charge in [-0.05, 0) is 53.3 Å². The van der Waals surface area contributed by atoms with E-state index in [0.29, 0.717) is 44.2 Å². The van der Waals surface area contributed by atoms with Crippen molar-refractivity contribution in [1.82, 2.24) is 30.1 Å². The number of aryl methyl sites for hydroxylation is 1. The minimum Gasteiger partial charge on any atom is -0.379 e. The summed E-state index contributed by atoms with van der Waals surface area (Å²) in [7, 11) is 0. The van der Waals surface area contributed by atoms with Crippen LogP contribution in [-0.4, -0.2) is 69.1 Å². The summed E-state index contributed by atoms with van der Waals surface area (Å²) in [6.45, 7) is 6.04. The van der Waals surface area contributed by atoms with Gasteiger partial charge in [0.1, 0.15) is 6.04 Å². The van der Waals surface area contributed by atoms with E-state index in [1.807, 2.05) is 25.1 Å². The highest BCUT2D eigenvalue weighted by Crippen LogP contribution is 2.28. The van der Waals surface area contributed by atoms with Crippen molar-refractivity contribution in [3.8, 4) is 0 Å². The van der Waals surface area contributed by atoms with Crippen molar-refractivity contribution in [3.05, 3.63) is 51.6 Å². The van der Waals surface area contributed by atoms with Gasteiger partial charge in [0.15, 0.2) is 5.82 Å². The van der Waals surface area contributed by atoms with Gasteiger partial charge in [-0.1, -0.05) is 12.1 Å². The molecule has 4 heterocycles. The number of fused-ring (bicyclic) bond motifs is 1. The molecule has 1 N–H and O–H groups in total. The number of nitrogens with one attached hydrogen (secondary N) is 1. The molecule has 2 aliphatic rings. The van der Waals surface area contributed by atoms with Crippen LogP contribution in [0, 0.1) is 6.92 Å². The van der Waals surface area contributed by atoms with Gasteiger partial charge in [0.05, 0.1) is 25.9 Å². The van der Waals surface area contributed by atoms with Crippen LogP contribution >= 0.6 is 0 Å². The number of ether oxygens (including phenoxy) is 2. The predicted octanol–water partition coefficient (Wildman–Crippen LogP) is 1.42. The molecule has 2 aliphatic heterocycles. The Labute approximate surface area is 174 Å². The van der Waals surface area contributed by atoms with E-state index >= 15 is 0 Å². The van der Waals surface area contributed by atoms with Gasteiger partial charge in [-0.15, -0.1) is 5.10 Å². The number of benzene rings is 1. The van der Waals surface area contributed by atoms with Crippen LogP contribution in [0.3, 0.4) is 0 Å².